The number of pyridine rings is 1. The average molecular weight is 194 g/mol. The van der Waals surface area contributed by atoms with Gasteiger partial charge in [0.1, 0.15) is 5.69 Å². The number of anilines is 1. The third-order valence-corrected chi connectivity index (χ3v) is 1.66. The van der Waals surface area contributed by atoms with E-state index in [4.69, 9.17) is 15.2 Å². The van der Waals surface area contributed by atoms with Crippen molar-refractivity contribution in [2.75, 3.05) is 19.5 Å². The fourth-order valence-electron chi connectivity index (χ4n) is 1.03. The molecule has 0 aliphatic carbocycles. The van der Waals surface area contributed by atoms with Crippen LogP contribution in [-0.2, 0) is 4.74 Å². The van der Waals surface area contributed by atoms with Crippen molar-refractivity contribution in [1.82, 2.24) is 4.98 Å². The Morgan fingerprint density at radius 2 is 2.36 bits per heavy atom. The molecule has 1 heterocycles. The van der Waals surface area contributed by atoms with Gasteiger partial charge in [-0.2, -0.15) is 0 Å². The van der Waals surface area contributed by atoms with Crippen molar-refractivity contribution in [1.29, 1.82) is 0 Å². The van der Waals surface area contributed by atoms with Gasteiger partial charge < -0.3 is 15.2 Å². The number of hydrogen-bond acceptors (Lipinski definition) is 4. The Hall–Kier alpha value is -1.71. The first-order valence-electron chi connectivity index (χ1n) is 4.36. The third kappa shape index (κ3) is 2.39. The highest BCUT2D eigenvalue weighted by Gasteiger charge is 2.04. The van der Waals surface area contributed by atoms with Crippen LogP contribution in [0.3, 0.4) is 0 Å². The highest BCUT2D eigenvalue weighted by atomic mass is 16.5. The van der Waals surface area contributed by atoms with Gasteiger partial charge in [-0.3, -0.25) is 4.98 Å². The molecule has 0 radical (unpaired) electrons. The van der Waals surface area contributed by atoms with Gasteiger partial charge in [-0.1, -0.05) is 0 Å². The summed E-state index contributed by atoms with van der Waals surface area (Å²) in [6.07, 6.45) is 4.92. The van der Waals surface area contributed by atoms with Gasteiger partial charge >= 0.3 is 0 Å². The zero-order valence-corrected chi connectivity index (χ0v) is 8.36. The second-order valence-corrected chi connectivity index (χ2v) is 2.58. The van der Waals surface area contributed by atoms with E-state index in [9.17, 15) is 0 Å². The maximum atomic E-state index is 5.70. The van der Waals surface area contributed by atoms with Crippen molar-refractivity contribution in [2.24, 2.45) is 0 Å². The van der Waals surface area contributed by atoms with Crippen LogP contribution >= 0.6 is 0 Å². The predicted octanol–water partition coefficient (Wildman–Crippen LogP) is 1.68. The standard InChI is InChI=1S/C10H14N2O2/c1-3-14-7-5-9-10(13-2)8(11)4-6-12-9/h4-7H,3H2,1-2H3,(H2,11,12). The van der Waals surface area contributed by atoms with E-state index in [1.807, 2.05) is 6.92 Å². The van der Waals surface area contributed by atoms with Crippen molar-refractivity contribution in [3.05, 3.63) is 24.2 Å². The van der Waals surface area contributed by atoms with Crippen LogP contribution < -0.4 is 10.5 Å². The number of rotatable bonds is 4. The van der Waals surface area contributed by atoms with Crippen molar-refractivity contribution in [3.63, 3.8) is 0 Å². The molecule has 1 aromatic heterocycles. The number of nitrogens with zero attached hydrogens (tertiary/aromatic N) is 1. The topological polar surface area (TPSA) is 57.4 Å². The Morgan fingerprint density at radius 3 is 3.00 bits per heavy atom. The van der Waals surface area contributed by atoms with Gasteiger partial charge in [0, 0.05) is 12.3 Å². The quantitative estimate of drug-likeness (QED) is 0.741. The molecule has 0 saturated heterocycles. The molecule has 0 spiro atoms. The molecule has 0 fully saturated rings. The molecule has 0 aliphatic rings. The van der Waals surface area contributed by atoms with E-state index in [1.165, 1.54) is 0 Å². The number of methoxy groups -OCH3 is 1. The molecule has 4 nitrogen and oxygen atoms in total. The molecule has 0 bridgehead atoms. The molecule has 0 aromatic carbocycles. The zero-order chi connectivity index (χ0) is 10.4. The average Bonchev–Trinajstić information content (AvgIpc) is 2.18. The van der Waals surface area contributed by atoms with Crippen LogP contribution in [0, 0.1) is 0 Å². The molecule has 0 amide bonds. The molecule has 76 valence electrons. The number of ether oxygens (including phenoxy) is 2. The van der Waals surface area contributed by atoms with Gasteiger partial charge in [0.15, 0.2) is 5.75 Å². The predicted molar refractivity (Wildman–Crippen MR) is 55.9 cm³/mol. The second-order valence-electron chi connectivity index (χ2n) is 2.58. The molecule has 1 rings (SSSR count). The Balaban J connectivity index is 2.90. The molecular formula is C10H14N2O2. The number of aromatic nitrogens is 1. The van der Waals surface area contributed by atoms with Gasteiger partial charge in [0.05, 0.1) is 25.7 Å². The maximum absolute atomic E-state index is 5.70. The lowest BCUT2D eigenvalue weighted by atomic mass is 10.3. The maximum Gasteiger partial charge on any atom is 0.167 e. The monoisotopic (exact) mass is 194 g/mol. The fraction of sp³-hybridized carbons (Fsp3) is 0.300. The Morgan fingerprint density at radius 1 is 1.57 bits per heavy atom. The zero-order valence-electron chi connectivity index (χ0n) is 8.36. The van der Waals surface area contributed by atoms with Crippen LogP contribution in [0.1, 0.15) is 12.6 Å². The first-order valence-corrected chi connectivity index (χ1v) is 4.36. The van der Waals surface area contributed by atoms with Crippen LogP contribution in [0.4, 0.5) is 5.69 Å². The minimum absolute atomic E-state index is 0.568. The van der Waals surface area contributed by atoms with E-state index in [0.717, 1.165) is 0 Å². The summed E-state index contributed by atoms with van der Waals surface area (Å²) in [5, 5.41) is 0. The summed E-state index contributed by atoms with van der Waals surface area (Å²) in [6, 6.07) is 1.69. The van der Waals surface area contributed by atoms with E-state index in [1.54, 1.807) is 31.7 Å². The third-order valence-electron chi connectivity index (χ3n) is 1.66. The van der Waals surface area contributed by atoms with Gasteiger partial charge in [0.2, 0.25) is 0 Å². The lowest BCUT2D eigenvalue weighted by Gasteiger charge is -2.06. The number of nitrogens with two attached hydrogens (primary N) is 1. The summed E-state index contributed by atoms with van der Waals surface area (Å²) in [4.78, 5) is 4.11. The summed E-state index contributed by atoms with van der Waals surface area (Å²) >= 11 is 0. The summed E-state index contributed by atoms with van der Waals surface area (Å²) in [5.41, 5.74) is 6.93. The SMILES string of the molecule is CCOC=Cc1nccc(N)c1OC. The molecular weight excluding hydrogens is 180 g/mol. The number of hydrogen-bond donors (Lipinski definition) is 1. The summed E-state index contributed by atoms with van der Waals surface area (Å²) < 4.78 is 10.2. The largest absolute Gasteiger partial charge is 0.501 e. The highest BCUT2D eigenvalue weighted by molar-refractivity contribution is 5.63. The minimum Gasteiger partial charge on any atom is -0.501 e. The normalized spacial score (nSPS) is 10.4. The van der Waals surface area contributed by atoms with Crippen LogP contribution in [-0.4, -0.2) is 18.7 Å². The summed E-state index contributed by atoms with van der Waals surface area (Å²) in [5.74, 6) is 0.573. The van der Waals surface area contributed by atoms with Crippen molar-refractivity contribution in [2.45, 2.75) is 6.92 Å². The molecule has 0 unspecified atom stereocenters. The van der Waals surface area contributed by atoms with E-state index in [0.29, 0.717) is 23.7 Å². The molecule has 2 N–H and O–H groups in total. The van der Waals surface area contributed by atoms with E-state index in [-0.39, 0.29) is 0 Å². The van der Waals surface area contributed by atoms with E-state index >= 15 is 0 Å². The Bertz CT molecular complexity index is 324. The first kappa shape index (κ1) is 10.4. The van der Waals surface area contributed by atoms with Crippen LogP contribution in [0.25, 0.3) is 6.08 Å². The van der Waals surface area contributed by atoms with Crippen LogP contribution in [0.5, 0.6) is 5.75 Å². The van der Waals surface area contributed by atoms with Crippen LogP contribution in [0.15, 0.2) is 18.5 Å². The van der Waals surface area contributed by atoms with Crippen molar-refractivity contribution in [3.8, 4) is 5.75 Å². The number of nitrogen functional groups attached to an aromatic ring is 1. The highest BCUT2D eigenvalue weighted by Crippen LogP contribution is 2.24. The summed E-state index contributed by atoms with van der Waals surface area (Å²) in [6.45, 7) is 2.54. The second kappa shape index (κ2) is 5.11. The summed E-state index contributed by atoms with van der Waals surface area (Å²) in [7, 11) is 1.56. The lowest BCUT2D eigenvalue weighted by Crippen LogP contribution is -1.96. The van der Waals surface area contributed by atoms with Gasteiger partial charge in [-0.05, 0) is 13.0 Å². The van der Waals surface area contributed by atoms with E-state index < -0.39 is 0 Å². The minimum atomic E-state index is 0.568. The molecule has 4 heteroatoms. The lowest BCUT2D eigenvalue weighted by molar-refractivity contribution is 0.272. The fourth-order valence-corrected chi connectivity index (χ4v) is 1.03. The van der Waals surface area contributed by atoms with Gasteiger partial charge in [-0.25, -0.2) is 0 Å². The molecule has 0 aliphatic heterocycles. The molecule has 0 saturated carbocycles. The van der Waals surface area contributed by atoms with E-state index in [2.05, 4.69) is 4.98 Å². The van der Waals surface area contributed by atoms with Crippen molar-refractivity contribution >= 4 is 11.8 Å². The van der Waals surface area contributed by atoms with Crippen LogP contribution in [0.2, 0.25) is 0 Å². The molecule has 14 heavy (non-hydrogen) atoms. The van der Waals surface area contributed by atoms with Crippen molar-refractivity contribution < 1.29 is 9.47 Å². The smallest absolute Gasteiger partial charge is 0.167 e. The molecule has 0 atom stereocenters. The van der Waals surface area contributed by atoms with Gasteiger partial charge in [0.25, 0.3) is 0 Å². The molecule has 1 aromatic rings. The Labute approximate surface area is 83.4 Å². The Kier molecular flexibility index (Phi) is 3.79. The van der Waals surface area contributed by atoms with Gasteiger partial charge in [-0.15, -0.1) is 0 Å². The first-order chi connectivity index (χ1) is 6.79.